The Morgan fingerprint density at radius 1 is 1.28 bits per heavy atom. The Morgan fingerprint density at radius 3 is 2.60 bits per heavy atom. The first kappa shape index (κ1) is 20.4. The first-order valence-electron chi connectivity index (χ1n) is 8.47. The fraction of sp³-hybridized carbons (Fsp3) is 0.588. The maximum absolute atomic E-state index is 6.11. The third-order valence-electron chi connectivity index (χ3n) is 3.94. The van der Waals surface area contributed by atoms with Crippen LogP contribution in [-0.4, -0.2) is 57.2 Å². The van der Waals surface area contributed by atoms with Gasteiger partial charge in [0.2, 0.25) is 0 Å². The molecule has 2 rings (SSSR count). The van der Waals surface area contributed by atoms with E-state index in [4.69, 9.17) is 39.5 Å². The van der Waals surface area contributed by atoms with Gasteiger partial charge in [-0.15, -0.1) is 0 Å². The van der Waals surface area contributed by atoms with Gasteiger partial charge in [0.05, 0.1) is 16.6 Å². The van der Waals surface area contributed by atoms with Gasteiger partial charge < -0.3 is 20.3 Å². The minimum Gasteiger partial charge on any atom is -0.489 e. The van der Waals surface area contributed by atoms with E-state index in [0.717, 1.165) is 32.1 Å². The molecular formula is C17H25Cl3N4O. The third kappa shape index (κ3) is 6.74. The summed E-state index contributed by atoms with van der Waals surface area (Å²) in [5.74, 6) is 1.88. The van der Waals surface area contributed by atoms with Crippen molar-refractivity contribution in [2.24, 2.45) is 10.9 Å². The molecule has 5 nitrogen and oxygen atoms in total. The topological polar surface area (TPSA) is 48.9 Å². The summed E-state index contributed by atoms with van der Waals surface area (Å²) < 4.78 is 5.67. The van der Waals surface area contributed by atoms with Gasteiger partial charge >= 0.3 is 0 Å². The second-order valence-electron chi connectivity index (χ2n) is 6.11. The maximum Gasteiger partial charge on any atom is 0.191 e. The van der Waals surface area contributed by atoms with Gasteiger partial charge in [-0.25, -0.2) is 0 Å². The molecule has 1 unspecified atom stereocenters. The van der Waals surface area contributed by atoms with Crippen LogP contribution in [0.3, 0.4) is 0 Å². The number of hydrogen-bond donors (Lipinski definition) is 2. The maximum atomic E-state index is 6.11. The van der Waals surface area contributed by atoms with E-state index in [2.05, 4.69) is 27.6 Å². The van der Waals surface area contributed by atoms with Gasteiger partial charge in [0.1, 0.15) is 6.61 Å². The average molecular weight is 408 g/mol. The number of benzene rings is 1. The lowest BCUT2D eigenvalue weighted by Gasteiger charge is -2.14. The average Bonchev–Trinajstić information content (AvgIpc) is 2.96. The second-order valence-corrected chi connectivity index (χ2v) is 7.36. The van der Waals surface area contributed by atoms with Crippen LogP contribution in [0.4, 0.5) is 0 Å². The molecule has 0 spiro atoms. The molecule has 0 aliphatic carbocycles. The molecule has 0 amide bonds. The molecule has 140 valence electrons. The van der Waals surface area contributed by atoms with Crippen LogP contribution in [0.25, 0.3) is 0 Å². The highest BCUT2D eigenvalue weighted by Crippen LogP contribution is 2.35. The van der Waals surface area contributed by atoms with E-state index in [1.165, 1.54) is 6.42 Å². The number of hydrogen-bond acceptors (Lipinski definition) is 3. The van der Waals surface area contributed by atoms with E-state index in [9.17, 15) is 0 Å². The molecule has 1 aliphatic rings. The number of likely N-dealkylation sites (tertiary alicyclic amines) is 1. The predicted molar refractivity (Wildman–Crippen MR) is 107 cm³/mol. The van der Waals surface area contributed by atoms with Gasteiger partial charge in [-0.2, -0.15) is 0 Å². The highest BCUT2D eigenvalue weighted by Gasteiger charge is 2.18. The van der Waals surface area contributed by atoms with Crippen molar-refractivity contribution in [2.45, 2.75) is 13.3 Å². The molecule has 1 fully saturated rings. The Bertz CT molecular complexity index is 574. The molecule has 0 saturated carbocycles. The molecule has 0 bridgehead atoms. The normalized spacial score (nSPS) is 18.4. The number of ether oxygens (including phenoxy) is 1. The van der Waals surface area contributed by atoms with Crippen molar-refractivity contribution in [1.29, 1.82) is 0 Å². The van der Waals surface area contributed by atoms with E-state index in [-0.39, 0.29) is 0 Å². The second kappa shape index (κ2) is 10.3. The highest BCUT2D eigenvalue weighted by atomic mass is 35.5. The Hall–Kier alpha value is -0.880. The van der Waals surface area contributed by atoms with Crippen molar-refractivity contribution in [1.82, 2.24) is 15.5 Å². The number of guanidine groups is 1. The standard InChI is InChI=1S/C17H25Cl3N4O/c1-3-21-17(23-10-12-4-6-24(2)11-12)22-5-7-25-16-14(19)8-13(18)9-15(16)20/h8-9,12H,3-7,10-11H2,1-2H3,(H2,21,22,23). The largest absolute Gasteiger partial charge is 0.489 e. The van der Waals surface area contributed by atoms with Gasteiger partial charge in [0.25, 0.3) is 0 Å². The van der Waals surface area contributed by atoms with Crippen LogP contribution in [0.1, 0.15) is 13.3 Å². The highest BCUT2D eigenvalue weighted by molar-refractivity contribution is 6.40. The number of rotatable bonds is 7. The summed E-state index contributed by atoms with van der Waals surface area (Å²) in [6.45, 7) is 6.95. The molecule has 0 aromatic heterocycles. The van der Waals surface area contributed by atoms with Gasteiger partial charge in [0.15, 0.2) is 11.7 Å². The third-order valence-corrected chi connectivity index (χ3v) is 4.72. The van der Waals surface area contributed by atoms with Crippen LogP contribution < -0.4 is 15.4 Å². The van der Waals surface area contributed by atoms with Crippen LogP contribution in [0.2, 0.25) is 15.1 Å². The van der Waals surface area contributed by atoms with Gasteiger partial charge in [0, 0.05) is 24.7 Å². The molecule has 2 N–H and O–H groups in total. The number of aliphatic imine (C=N–C) groups is 1. The number of halogens is 3. The van der Waals surface area contributed by atoms with Crippen molar-refractivity contribution in [3.05, 3.63) is 27.2 Å². The van der Waals surface area contributed by atoms with Crippen molar-refractivity contribution < 1.29 is 4.74 Å². The van der Waals surface area contributed by atoms with Crippen molar-refractivity contribution >= 4 is 40.8 Å². The van der Waals surface area contributed by atoms with Crippen LogP contribution >= 0.6 is 34.8 Å². The van der Waals surface area contributed by atoms with Crippen LogP contribution in [0.15, 0.2) is 17.1 Å². The molecule has 1 aromatic rings. The zero-order chi connectivity index (χ0) is 18.2. The van der Waals surface area contributed by atoms with E-state index in [1.54, 1.807) is 12.1 Å². The van der Waals surface area contributed by atoms with Crippen molar-refractivity contribution in [2.75, 3.05) is 46.4 Å². The summed E-state index contributed by atoms with van der Waals surface area (Å²) in [6, 6.07) is 3.23. The van der Waals surface area contributed by atoms with E-state index in [1.807, 2.05) is 6.92 Å². The molecule has 0 radical (unpaired) electrons. The minimum absolute atomic E-state index is 0.406. The Morgan fingerprint density at radius 2 is 2.00 bits per heavy atom. The quantitative estimate of drug-likeness (QED) is 0.412. The Balaban J connectivity index is 1.79. The first-order valence-corrected chi connectivity index (χ1v) is 9.61. The Kier molecular flexibility index (Phi) is 8.43. The lowest BCUT2D eigenvalue weighted by Crippen LogP contribution is -2.39. The smallest absolute Gasteiger partial charge is 0.191 e. The molecule has 8 heteroatoms. The number of nitrogens with one attached hydrogen (secondary N) is 2. The van der Waals surface area contributed by atoms with Crippen LogP contribution in [0, 0.1) is 5.92 Å². The molecular weight excluding hydrogens is 383 g/mol. The summed E-state index contributed by atoms with van der Waals surface area (Å²) in [5, 5.41) is 7.81. The van der Waals surface area contributed by atoms with Crippen LogP contribution in [0.5, 0.6) is 5.75 Å². The molecule has 1 atom stereocenters. The predicted octanol–water partition coefficient (Wildman–Crippen LogP) is 3.53. The first-order chi connectivity index (χ1) is 12.0. The van der Waals surface area contributed by atoms with Crippen molar-refractivity contribution in [3.63, 3.8) is 0 Å². The van der Waals surface area contributed by atoms with Crippen LogP contribution in [-0.2, 0) is 0 Å². The van der Waals surface area contributed by atoms with Gasteiger partial charge in [-0.05, 0) is 45.0 Å². The molecule has 1 aliphatic heterocycles. The van der Waals surface area contributed by atoms with E-state index >= 15 is 0 Å². The zero-order valence-electron chi connectivity index (χ0n) is 14.6. The SMILES string of the molecule is CCNC(=NCC1CCN(C)C1)NCCOc1c(Cl)cc(Cl)cc1Cl. The summed E-state index contributed by atoms with van der Waals surface area (Å²) in [7, 11) is 2.15. The van der Waals surface area contributed by atoms with E-state index < -0.39 is 0 Å². The summed E-state index contributed by atoms with van der Waals surface area (Å²) in [6.07, 6.45) is 1.20. The lowest BCUT2D eigenvalue weighted by atomic mass is 10.1. The molecule has 1 heterocycles. The molecule has 1 saturated heterocycles. The zero-order valence-corrected chi connectivity index (χ0v) is 16.9. The summed E-state index contributed by atoms with van der Waals surface area (Å²) >= 11 is 18.1. The minimum atomic E-state index is 0.406. The molecule has 25 heavy (non-hydrogen) atoms. The van der Waals surface area contributed by atoms with Crippen molar-refractivity contribution in [3.8, 4) is 5.75 Å². The monoisotopic (exact) mass is 406 g/mol. The fourth-order valence-corrected chi connectivity index (χ4v) is 3.65. The van der Waals surface area contributed by atoms with E-state index in [0.29, 0.717) is 39.9 Å². The summed E-state index contributed by atoms with van der Waals surface area (Å²) in [5.41, 5.74) is 0. The Labute approximate surface area is 164 Å². The van der Waals surface area contributed by atoms with Gasteiger partial charge in [-0.3, -0.25) is 4.99 Å². The number of nitrogens with zero attached hydrogens (tertiary/aromatic N) is 2. The molecule has 1 aromatic carbocycles. The lowest BCUT2D eigenvalue weighted by molar-refractivity contribution is 0.322. The summed E-state index contributed by atoms with van der Waals surface area (Å²) in [4.78, 5) is 7.01. The van der Waals surface area contributed by atoms with Gasteiger partial charge in [-0.1, -0.05) is 34.8 Å². The fourth-order valence-electron chi connectivity index (χ4n) is 2.73.